The van der Waals surface area contributed by atoms with Crippen LogP contribution in [-0.2, 0) is 31.8 Å². The van der Waals surface area contributed by atoms with Gasteiger partial charge in [-0.2, -0.15) is 18.4 Å². The summed E-state index contributed by atoms with van der Waals surface area (Å²) in [6.07, 6.45) is -3.48. The van der Waals surface area contributed by atoms with E-state index in [1.807, 2.05) is 4.90 Å². The van der Waals surface area contributed by atoms with Crippen molar-refractivity contribution in [2.45, 2.75) is 50.9 Å². The first-order valence-corrected chi connectivity index (χ1v) is 19.0. The molecule has 0 saturated carbocycles. The average Bonchev–Trinajstić information content (AvgIpc) is 3.36. The number of nitrogens with zero attached hydrogens (tertiary/aromatic N) is 6. The number of rotatable bonds is 13. The zero-order chi connectivity index (χ0) is 42.6. The zero-order valence-corrected chi connectivity index (χ0v) is 32.8. The summed E-state index contributed by atoms with van der Waals surface area (Å²) in [5.74, 6) is -2.11. The highest BCUT2D eigenvalue weighted by atomic mass is 32.1. The van der Waals surface area contributed by atoms with Gasteiger partial charge >= 0.3 is 6.18 Å². The van der Waals surface area contributed by atoms with Crippen molar-refractivity contribution in [3.05, 3.63) is 71.3 Å². The number of carbonyl (C=O) groups is 4. The van der Waals surface area contributed by atoms with E-state index in [-0.39, 0.29) is 54.8 Å². The SMILES string of the molecule is CC1(C)C(=O)N(c2cnc(C#N)c(C(F)(F)F)c2)C(=S)N1c1ccc(OCCN2CCN(CC(=O)Nc3cc(NC4CCC(=O)NC4=O)ccc3F)CC2)c(CCF)c1. The molecule has 3 aromatic rings. The minimum Gasteiger partial charge on any atom is -0.492 e. The number of aryl methyl sites for hydroxylation is 1. The molecule has 3 aliphatic rings. The number of piperidine rings is 1. The van der Waals surface area contributed by atoms with Crippen molar-refractivity contribution < 1.29 is 45.9 Å². The van der Waals surface area contributed by atoms with E-state index in [0.29, 0.717) is 61.5 Å². The number of halogens is 5. The van der Waals surface area contributed by atoms with Crippen LogP contribution in [0.5, 0.6) is 5.75 Å². The molecule has 1 unspecified atom stereocenters. The Morgan fingerprint density at radius 2 is 1.80 bits per heavy atom. The van der Waals surface area contributed by atoms with Crippen molar-refractivity contribution in [1.82, 2.24) is 20.1 Å². The first kappa shape index (κ1) is 42.8. The predicted octanol–water partition coefficient (Wildman–Crippen LogP) is 4.39. The minimum absolute atomic E-state index is 0.0209. The molecular weight excluding hydrogens is 802 g/mol. The maximum atomic E-state index is 14.6. The minimum atomic E-state index is -4.90. The lowest BCUT2D eigenvalue weighted by Gasteiger charge is -2.34. The van der Waals surface area contributed by atoms with E-state index < -0.39 is 59.2 Å². The number of pyridine rings is 1. The highest BCUT2D eigenvalue weighted by molar-refractivity contribution is 7.81. The van der Waals surface area contributed by atoms with Gasteiger partial charge in [-0.05, 0) is 80.5 Å². The molecule has 20 heteroatoms. The Balaban J connectivity index is 1.02. The number of amides is 4. The summed E-state index contributed by atoms with van der Waals surface area (Å²) in [5.41, 5.74) is -2.52. The van der Waals surface area contributed by atoms with E-state index in [1.165, 1.54) is 29.2 Å². The summed E-state index contributed by atoms with van der Waals surface area (Å²) in [4.78, 5) is 60.1. The number of imide groups is 1. The van der Waals surface area contributed by atoms with Crippen molar-refractivity contribution in [2.24, 2.45) is 0 Å². The Kier molecular flexibility index (Phi) is 12.8. The summed E-state index contributed by atoms with van der Waals surface area (Å²) >= 11 is 5.62. The van der Waals surface area contributed by atoms with Crippen LogP contribution in [0.25, 0.3) is 0 Å². The third-order valence-corrected chi connectivity index (χ3v) is 10.6. The number of nitrogens with one attached hydrogen (secondary N) is 3. The van der Waals surface area contributed by atoms with Crippen LogP contribution in [-0.4, -0.2) is 108 Å². The van der Waals surface area contributed by atoms with E-state index in [1.54, 1.807) is 32.0 Å². The second-order valence-electron chi connectivity index (χ2n) is 14.6. The number of aromatic nitrogens is 1. The highest BCUT2D eigenvalue weighted by Crippen LogP contribution is 2.40. The molecule has 3 fully saturated rings. The molecule has 1 atom stereocenters. The van der Waals surface area contributed by atoms with Gasteiger partial charge in [-0.25, -0.2) is 9.37 Å². The van der Waals surface area contributed by atoms with Crippen molar-refractivity contribution in [3.8, 4) is 11.8 Å². The van der Waals surface area contributed by atoms with Crippen molar-refractivity contribution in [2.75, 3.05) is 73.0 Å². The topological polar surface area (TPSA) is 163 Å². The number of alkyl halides is 4. The van der Waals surface area contributed by atoms with E-state index in [4.69, 9.17) is 22.2 Å². The summed E-state index contributed by atoms with van der Waals surface area (Å²) < 4.78 is 75.6. The van der Waals surface area contributed by atoms with Crippen LogP contribution in [0.2, 0.25) is 0 Å². The lowest BCUT2D eigenvalue weighted by molar-refractivity contribution is -0.138. The molecule has 3 N–H and O–H groups in total. The Morgan fingerprint density at radius 3 is 2.47 bits per heavy atom. The third kappa shape index (κ3) is 9.58. The first-order valence-electron chi connectivity index (χ1n) is 18.6. The number of carbonyl (C=O) groups excluding carboxylic acids is 4. The molecule has 2 aromatic carbocycles. The summed E-state index contributed by atoms with van der Waals surface area (Å²) in [5, 5.41) is 16.8. The molecule has 59 heavy (non-hydrogen) atoms. The van der Waals surface area contributed by atoms with Gasteiger partial charge in [0, 0.05) is 56.9 Å². The van der Waals surface area contributed by atoms with E-state index in [9.17, 15) is 41.1 Å². The van der Waals surface area contributed by atoms with Crippen molar-refractivity contribution >= 4 is 63.7 Å². The lowest BCUT2D eigenvalue weighted by atomic mass is 10.0. The fraction of sp³-hybridized carbons (Fsp3) is 0.410. The molecule has 1 aromatic heterocycles. The van der Waals surface area contributed by atoms with Gasteiger partial charge in [-0.3, -0.25) is 43.6 Å². The molecule has 0 radical (unpaired) electrons. The van der Waals surface area contributed by atoms with Crippen LogP contribution in [0.15, 0.2) is 48.7 Å². The number of hydrogen-bond acceptors (Lipinski definition) is 11. The van der Waals surface area contributed by atoms with Gasteiger partial charge < -0.3 is 20.3 Å². The number of hydrogen-bond donors (Lipinski definition) is 3. The zero-order valence-electron chi connectivity index (χ0n) is 32.0. The monoisotopic (exact) mass is 841 g/mol. The summed E-state index contributed by atoms with van der Waals surface area (Å²) in [7, 11) is 0. The smallest absolute Gasteiger partial charge is 0.419 e. The Labute approximate surface area is 341 Å². The first-order chi connectivity index (χ1) is 28.0. The van der Waals surface area contributed by atoms with Gasteiger partial charge in [0.25, 0.3) is 5.91 Å². The molecule has 312 valence electrons. The molecule has 0 bridgehead atoms. The van der Waals surface area contributed by atoms with Gasteiger partial charge in [0.05, 0.1) is 36.4 Å². The molecule has 14 nitrogen and oxygen atoms in total. The van der Waals surface area contributed by atoms with Crippen LogP contribution >= 0.6 is 12.2 Å². The standard InChI is InChI=1S/C39H40F5N9O5S/c1-38(2)36(57)52(26-19-27(39(42,43)44)31(20-45)46-21-26)37(59)53(38)25-4-7-32(23(17-25)9-10-40)58-16-15-50-11-13-51(14-12-50)22-34(55)48-30-18-24(3-5-28(30)41)47-29-6-8-33(54)49-35(29)56/h3-5,7,17-19,21,29,47H,6,8-16,22H2,1-2H3,(H,48,55)(H,49,54,56). The number of ether oxygens (including phenoxy) is 1. The molecule has 4 heterocycles. The quantitative estimate of drug-likeness (QED) is 0.127. The summed E-state index contributed by atoms with van der Waals surface area (Å²) in [6, 6.07) is 10.3. The van der Waals surface area contributed by atoms with Crippen molar-refractivity contribution in [3.63, 3.8) is 0 Å². The molecule has 4 amide bonds. The number of benzene rings is 2. The van der Waals surface area contributed by atoms with Crippen LogP contribution in [0.4, 0.5) is 44.7 Å². The van der Waals surface area contributed by atoms with E-state index in [0.717, 1.165) is 11.1 Å². The van der Waals surface area contributed by atoms with Crippen LogP contribution in [0.1, 0.15) is 43.5 Å². The number of nitriles is 1. The third-order valence-electron chi connectivity index (χ3n) is 10.2. The van der Waals surface area contributed by atoms with Gasteiger partial charge in [-0.1, -0.05) is 0 Å². The number of anilines is 4. The Morgan fingerprint density at radius 1 is 1.07 bits per heavy atom. The van der Waals surface area contributed by atoms with Crippen LogP contribution in [0, 0.1) is 17.1 Å². The molecule has 6 rings (SSSR count). The van der Waals surface area contributed by atoms with Gasteiger partial charge in [0.15, 0.2) is 10.8 Å². The lowest BCUT2D eigenvalue weighted by Crippen LogP contribution is -2.49. The largest absolute Gasteiger partial charge is 0.492 e. The average molecular weight is 842 g/mol. The second-order valence-corrected chi connectivity index (χ2v) is 15.0. The highest BCUT2D eigenvalue weighted by Gasteiger charge is 2.51. The van der Waals surface area contributed by atoms with Gasteiger partial charge in [0.2, 0.25) is 17.7 Å². The van der Waals surface area contributed by atoms with Gasteiger partial charge in [-0.15, -0.1) is 0 Å². The maximum Gasteiger partial charge on any atom is 0.419 e. The van der Waals surface area contributed by atoms with Gasteiger partial charge in [0.1, 0.15) is 35.8 Å². The van der Waals surface area contributed by atoms with E-state index in [2.05, 4.69) is 25.8 Å². The van der Waals surface area contributed by atoms with Crippen LogP contribution in [0.3, 0.4) is 0 Å². The summed E-state index contributed by atoms with van der Waals surface area (Å²) in [6.45, 7) is 5.48. The number of thiocarbonyl (C=S) groups is 1. The van der Waals surface area contributed by atoms with Crippen LogP contribution < -0.4 is 30.5 Å². The molecular formula is C39H40F5N9O5S. The Bertz CT molecular complexity index is 2190. The molecule has 0 spiro atoms. The normalized spacial score (nSPS) is 18.8. The Hall–Kier alpha value is -5.78. The molecule has 0 aliphatic carbocycles. The maximum absolute atomic E-state index is 14.6. The fourth-order valence-corrected chi connectivity index (χ4v) is 7.59. The fourth-order valence-electron chi connectivity index (χ4n) is 7.07. The molecule has 3 saturated heterocycles. The van der Waals surface area contributed by atoms with E-state index >= 15 is 0 Å². The predicted molar refractivity (Wildman–Crippen MR) is 210 cm³/mol. The second kappa shape index (κ2) is 17.6. The van der Waals surface area contributed by atoms with Crippen molar-refractivity contribution in [1.29, 1.82) is 5.26 Å². The number of piperazine rings is 1. The molecule has 3 aliphatic heterocycles.